The van der Waals surface area contributed by atoms with Crippen molar-refractivity contribution in [1.82, 2.24) is 0 Å². The third kappa shape index (κ3) is 4.16. The SMILES string of the molecule is CC12C[C@@H]3CC[N+]4=C(C3=CC1=C(OS(=O)(=O)C(F)(F)F)C1=CC3=C5N(CC[C@@H]3C[C@@H]1O2)c1ccccc1C5(C)C)C(C)(C)c1ccccc14. The fraction of sp³-hybridized carbons (Fsp3) is 0.462. The van der Waals surface area contributed by atoms with E-state index in [1.807, 2.05) is 43.3 Å². The fourth-order valence-corrected chi connectivity index (χ4v) is 10.7. The third-order valence-corrected chi connectivity index (χ3v) is 13.3. The molecule has 2 aliphatic carbocycles. The van der Waals surface area contributed by atoms with E-state index < -0.39 is 27.3 Å². The molecule has 4 atom stereocenters. The highest BCUT2D eigenvalue weighted by Crippen LogP contribution is 2.58. The first-order chi connectivity index (χ1) is 23.0. The van der Waals surface area contributed by atoms with Gasteiger partial charge in [-0.25, -0.2) is 0 Å². The average molecular weight is 690 g/mol. The molecule has 0 fully saturated rings. The van der Waals surface area contributed by atoms with Gasteiger partial charge in [-0.3, -0.25) is 0 Å². The zero-order valence-corrected chi connectivity index (χ0v) is 29.1. The number of rotatable bonds is 2. The molecule has 0 radical (unpaired) electrons. The van der Waals surface area contributed by atoms with Crippen molar-refractivity contribution in [2.75, 3.05) is 18.0 Å². The summed E-state index contributed by atoms with van der Waals surface area (Å²) in [6.07, 6.45) is 5.98. The van der Waals surface area contributed by atoms with Gasteiger partial charge < -0.3 is 13.8 Å². The van der Waals surface area contributed by atoms with Crippen molar-refractivity contribution in [2.24, 2.45) is 11.8 Å². The molecule has 0 spiro atoms. The summed E-state index contributed by atoms with van der Waals surface area (Å²) in [5.74, 6) is -0.0163. The molecule has 6 nitrogen and oxygen atoms in total. The number of halogens is 3. The maximum atomic E-state index is 14.1. The minimum Gasteiger partial charge on any atom is -0.375 e. The van der Waals surface area contributed by atoms with Crippen LogP contribution < -0.4 is 4.90 Å². The second-order valence-corrected chi connectivity index (χ2v) is 17.5. The normalized spacial score (nSPS) is 30.6. The van der Waals surface area contributed by atoms with E-state index in [1.165, 1.54) is 11.1 Å². The monoisotopic (exact) mass is 689 g/mol. The number of benzene rings is 2. The molecule has 0 aromatic heterocycles. The maximum absolute atomic E-state index is 14.1. The summed E-state index contributed by atoms with van der Waals surface area (Å²) in [5.41, 5.74) is 2.32. The Labute approximate surface area is 285 Å². The van der Waals surface area contributed by atoms with Crippen molar-refractivity contribution in [3.05, 3.63) is 106 Å². The van der Waals surface area contributed by atoms with Crippen LogP contribution in [0.4, 0.5) is 24.5 Å². The highest BCUT2D eigenvalue weighted by atomic mass is 32.2. The molecule has 1 unspecified atom stereocenters. The molecule has 49 heavy (non-hydrogen) atoms. The smallest absolute Gasteiger partial charge is 0.375 e. The van der Waals surface area contributed by atoms with Gasteiger partial charge >= 0.3 is 15.6 Å². The van der Waals surface area contributed by atoms with E-state index in [9.17, 15) is 21.6 Å². The summed E-state index contributed by atoms with van der Waals surface area (Å²) in [7, 11) is -5.98. The van der Waals surface area contributed by atoms with Crippen LogP contribution in [-0.4, -0.2) is 49.0 Å². The zero-order chi connectivity index (χ0) is 34.5. The number of allylic oxidation sites excluding steroid dienone is 4. The molecule has 7 aliphatic rings. The molecular formula is C39H40F3N2O4S+. The van der Waals surface area contributed by atoms with Gasteiger partial charge in [0.15, 0.2) is 11.5 Å². The Kier molecular flexibility index (Phi) is 6.26. The Morgan fingerprint density at radius 1 is 0.898 bits per heavy atom. The van der Waals surface area contributed by atoms with E-state index in [-0.39, 0.29) is 28.4 Å². The van der Waals surface area contributed by atoms with Gasteiger partial charge in [0.05, 0.1) is 17.1 Å². The van der Waals surface area contributed by atoms with Gasteiger partial charge in [-0.15, -0.1) is 0 Å². The Hall–Kier alpha value is -3.63. The minimum atomic E-state index is -5.98. The van der Waals surface area contributed by atoms with Crippen LogP contribution in [0.1, 0.15) is 71.4 Å². The maximum Gasteiger partial charge on any atom is 0.534 e. The molecule has 5 heterocycles. The lowest BCUT2D eigenvalue weighted by Gasteiger charge is -2.49. The van der Waals surface area contributed by atoms with E-state index in [0.717, 1.165) is 59.9 Å². The second-order valence-electron chi connectivity index (χ2n) is 15.9. The standard InChI is InChI=1S/C39H40F3N2O4S/c1-36(2)27-10-6-8-12-30(27)43-16-14-22-18-32-26(19-24(22)34(36)43)33(48-49(45,46)39(40,41)42)29-20-25-23(21-38(29,5)47-32)15-17-44-31-13-9-7-11-28(31)37(3,4)35(25)44/h6-13,19-20,22-23,32H,14-18,21H2,1-5H3/q+1/t22-,23+,32+,38?/m1/s1. The predicted molar refractivity (Wildman–Crippen MR) is 181 cm³/mol. The van der Waals surface area contributed by atoms with Gasteiger partial charge in [-0.1, -0.05) is 50.2 Å². The quantitative estimate of drug-likeness (QED) is 0.181. The van der Waals surface area contributed by atoms with Crippen LogP contribution in [0.5, 0.6) is 0 Å². The molecule has 0 saturated carbocycles. The van der Waals surface area contributed by atoms with Crippen LogP contribution in [0.2, 0.25) is 0 Å². The number of ether oxygens (including phenoxy) is 1. The summed E-state index contributed by atoms with van der Waals surface area (Å²) in [6, 6.07) is 16.6. The van der Waals surface area contributed by atoms with E-state index in [4.69, 9.17) is 8.92 Å². The Morgan fingerprint density at radius 2 is 1.61 bits per heavy atom. The summed E-state index contributed by atoms with van der Waals surface area (Å²) < 4.78 is 82.7. The molecular weight excluding hydrogens is 650 g/mol. The number of alkyl halides is 3. The van der Waals surface area contributed by atoms with Crippen LogP contribution in [0.15, 0.2) is 94.4 Å². The van der Waals surface area contributed by atoms with Gasteiger partial charge in [0.25, 0.3) is 0 Å². The summed E-state index contributed by atoms with van der Waals surface area (Å²) in [5, 5.41) is 0. The van der Waals surface area contributed by atoms with Crippen molar-refractivity contribution >= 4 is 27.2 Å². The molecule has 0 saturated heterocycles. The van der Waals surface area contributed by atoms with Crippen molar-refractivity contribution < 1.29 is 35.1 Å². The fourth-order valence-electron chi connectivity index (χ4n) is 10.2. The molecule has 2 aromatic carbocycles. The molecule has 0 amide bonds. The predicted octanol–water partition coefficient (Wildman–Crippen LogP) is 8.09. The summed E-state index contributed by atoms with van der Waals surface area (Å²) in [6.45, 7) is 12.3. The number of nitrogens with zero attached hydrogens (tertiary/aromatic N) is 2. The van der Waals surface area contributed by atoms with Gasteiger partial charge in [-0.2, -0.15) is 26.2 Å². The van der Waals surface area contributed by atoms with Gasteiger partial charge in [0, 0.05) is 58.1 Å². The zero-order valence-electron chi connectivity index (χ0n) is 28.3. The summed E-state index contributed by atoms with van der Waals surface area (Å²) >= 11 is 0. The van der Waals surface area contributed by atoms with E-state index in [0.29, 0.717) is 24.0 Å². The number of anilines is 1. The van der Waals surface area contributed by atoms with Gasteiger partial charge in [0.2, 0.25) is 5.69 Å². The Balaban J connectivity index is 1.28. The highest BCUT2D eigenvalue weighted by molar-refractivity contribution is 7.87. The van der Waals surface area contributed by atoms with Crippen LogP contribution in [-0.2, 0) is 29.9 Å². The molecule has 2 aromatic rings. The van der Waals surface area contributed by atoms with Crippen molar-refractivity contribution in [2.45, 2.75) is 88.3 Å². The molecule has 5 aliphatic heterocycles. The lowest BCUT2D eigenvalue weighted by molar-refractivity contribution is -0.444. The van der Waals surface area contributed by atoms with Crippen LogP contribution >= 0.6 is 0 Å². The van der Waals surface area contributed by atoms with Crippen LogP contribution in [0.25, 0.3) is 0 Å². The largest absolute Gasteiger partial charge is 0.534 e. The first-order valence-corrected chi connectivity index (χ1v) is 18.7. The molecule has 10 heteroatoms. The Morgan fingerprint density at radius 3 is 2.37 bits per heavy atom. The molecule has 0 bridgehead atoms. The first kappa shape index (κ1) is 31.4. The van der Waals surface area contributed by atoms with E-state index in [1.54, 1.807) is 0 Å². The van der Waals surface area contributed by atoms with Crippen molar-refractivity contribution in [3.8, 4) is 0 Å². The minimum absolute atomic E-state index is 0.0990. The molecule has 9 rings (SSSR count). The van der Waals surface area contributed by atoms with E-state index in [2.05, 4.69) is 61.4 Å². The first-order valence-electron chi connectivity index (χ1n) is 17.3. The van der Waals surface area contributed by atoms with Gasteiger partial charge in [-0.05, 0) is 81.2 Å². The number of hydrogen-bond acceptors (Lipinski definition) is 5. The van der Waals surface area contributed by atoms with Gasteiger partial charge in [0.1, 0.15) is 6.54 Å². The van der Waals surface area contributed by atoms with Crippen LogP contribution in [0, 0.1) is 11.8 Å². The molecule has 0 N–H and O–H groups in total. The van der Waals surface area contributed by atoms with Crippen molar-refractivity contribution in [3.63, 3.8) is 0 Å². The van der Waals surface area contributed by atoms with Crippen LogP contribution in [0.3, 0.4) is 0 Å². The number of fused-ring (bicyclic) bond motifs is 10. The number of hydrogen-bond donors (Lipinski definition) is 0. The lowest BCUT2D eigenvalue weighted by Crippen LogP contribution is -2.50. The third-order valence-electron chi connectivity index (χ3n) is 12.3. The van der Waals surface area contributed by atoms with E-state index >= 15 is 0 Å². The second kappa shape index (κ2) is 9.78. The topological polar surface area (TPSA) is 58.9 Å². The number of para-hydroxylation sites is 2. The average Bonchev–Trinajstić information content (AvgIpc) is 3.42. The summed E-state index contributed by atoms with van der Waals surface area (Å²) in [4.78, 5) is 2.33. The highest BCUT2D eigenvalue weighted by Gasteiger charge is 2.58. The van der Waals surface area contributed by atoms with Crippen molar-refractivity contribution in [1.29, 1.82) is 0 Å². The Bertz CT molecular complexity index is 2140. The lowest BCUT2D eigenvalue weighted by atomic mass is 9.65. The molecule has 256 valence electrons.